The molecular formula is C19H15N3O6. The molecule has 0 aliphatic carbocycles. The van der Waals surface area contributed by atoms with Gasteiger partial charge in [-0.3, -0.25) is 25.0 Å². The first-order valence-corrected chi connectivity index (χ1v) is 8.15. The van der Waals surface area contributed by atoms with Crippen LogP contribution in [0.4, 0.5) is 16.2 Å². The number of nitro groups is 1. The first-order valence-electron chi connectivity index (χ1n) is 8.15. The van der Waals surface area contributed by atoms with E-state index in [0.717, 1.165) is 34.2 Å². The summed E-state index contributed by atoms with van der Waals surface area (Å²) in [5.74, 6) is -2.31. The van der Waals surface area contributed by atoms with Crippen LogP contribution in [-0.2, 0) is 9.59 Å². The minimum atomic E-state index is -0.911. The Morgan fingerprint density at radius 2 is 1.79 bits per heavy atom. The molecule has 0 aromatic heterocycles. The van der Waals surface area contributed by atoms with Gasteiger partial charge in [-0.15, -0.1) is 0 Å². The minimum Gasteiger partial charge on any atom is -0.502 e. The van der Waals surface area contributed by atoms with Crippen LogP contribution in [0.25, 0.3) is 6.08 Å². The number of hydrogen-bond acceptors (Lipinski definition) is 6. The largest absolute Gasteiger partial charge is 0.502 e. The van der Waals surface area contributed by atoms with Gasteiger partial charge >= 0.3 is 11.7 Å². The fraction of sp³-hybridized carbons (Fsp3) is 0.105. The number of anilines is 1. The molecule has 1 fully saturated rings. The number of nitro benzene ring substituents is 1. The second kappa shape index (κ2) is 6.95. The number of barbiturate groups is 1. The van der Waals surface area contributed by atoms with Crippen molar-refractivity contribution in [1.82, 2.24) is 5.32 Å². The molecule has 2 aromatic rings. The lowest BCUT2D eigenvalue weighted by atomic mass is 10.0. The molecule has 0 atom stereocenters. The summed E-state index contributed by atoms with van der Waals surface area (Å²) in [6.07, 6.45) is 1.13. The maximum absolute atomic E-state index is 12.8. The number of nitrogens with one attached hydrogen (secondary N) is 1. The van der Waals surface area contributed by atoms with Crippen LogP contribution in [0.15, 0.2) is 42.0 Å². The van der Waals surface area contributed by atoms with Crippen molar-refractivity contribution in [1.29, 1.82) is 0 Å². The van der Waals surface area contributed by atoms with Crippen molar-refractivity contribution in [3.05, 3.63) is 68.8 Å². The monoisotopic (exact) mass is 381 g/mol. The lowest BCUT2D eigenvalue weighted by Gasteiger charge is -2.26. The summed E-state index contributed by atoms with van der Waals surface area (Å²) in [6.45, 7) is 3.70. The molecule has 4 amide bonds. The number of rotatable bonds is 3. The SMILES string of the molecule is Cc1ccc(N2C(=O)NC(=O)C(=Cc3ccc(O)c([N+](=O)[O-])c3)C2=O)cc1C. The Morgan fingerprint density at radius 1 is 1.07 bits per heavy atom. The minimum absolute atomic E-state index is 0.150. The predicted octanol–water partition coefficient (Wildman–Crippen LogP) is 2.58. The Bertz CT molecular complexity index is 1070. The molecule has 9 nitrogen and oxygen atoms in total. The van der Waals surface area contributed by atoms with E-state index < -0.39 is 34.2 Å². The quantitative estimate of drug-likeness (QED) is 0.364. The Kier molecular flexibility index (Phi) is 4.66. The number of phenols is 1. The molecule has 1 aliphatic heterocycles. The van der Waals surface area contributed by atoms with Crippen LogP contribution in [0.2, 0.25) is 0 Å². The number of aryl methyl sites for hydroxylation is 2. The van der Waals surface area contributed by atoms with Crippen molar-refractivity contribution in [3.63, 3.8) is 0 Å². The lowest BCUT2D eigenvalue weighted by molar-refractivity contribution is -0.385. The Hall–Kier alpha value is -4.01. The number of nitrogens with zero attached hydrogens (tertiary/aromatic N) is 2. The number of benzene rings is 2. The van der Waals surface area contributed by atoms with Crippen molar-refractivity contribution in [2.24, 2.45) is 0 Å². The molecule has 0 saturated carbocycles. The predicted molar refractivity (Wildman–Crippen MR) is 99.7 cm³/mol. The standard InChI is InChI=1S/C19H15N3O6/c1-10-3-5-13(7-11(10)2)21-18(25)14(17(24)20-19(21)26)8-12-4-6-16(23)15(9-12)22(27)28/h3-9,23H,1-2H3,(H,20,24,26). The smallest absolute Gasteiger partial charge is 0.335 e. The number of urea groups is 1. The van der Waals surface area contributed by atoms with E-state index in [4.69, 9.17) is 0 Å². The van der Waals surface area contributed by atoms with E-state index in [1.165, 1.54) is 6.07 Å². The van der Waals surface area contributed by atoms with Gasteiger partial charge in [0.1, 0.15) is 5.57 Å². The summed E-state index contributed by atoms with van der Waals surface area (Å²) in [6, 6.07) is 7.51. The molecule has 0 radical (unpaired) electrons. The molecule has 0 unspecified atom stereocenters. The van der Waals surface area contributed by atoms with Gasteiger partial charge in [-0.2, -0.15) is 0 Å². The normalized spacial score (nSPS) is 15.7. The Balaban J connectivity index is 2.05. The van der Waals surface area contributed by atoms with Crippen molar-refractivity contribution in [2.45, 2.75) is 13.8 Å². The number of imide groups is 2. The van der Waals surface area contributed by atoms with E-state index in [1.54, 1.807) is 18.2 Å². The van der Waals surface area contributed by atoms with E-state index in [0.29, 0.717) is 5.69 Å². The second-order valence-electron chi connectivity index (χ2n) is 6.23. The van der Waals surface area contributed by atoms with Gasteiger partial charge in [-0.05, 0) is 54.8 Å². The first-order chi connectivity index (χ1) is 13.2. The summed E-state index contributed by atoms with van der Waals surface area (Å²) >= 11 is 0. The molecule has 1 aliphatic rings. The fourth-order valence-electron chi connectivity index (χ4n) is 2.70. The second-order valence-corrected chi connectivity index (χ2v) is 6.23. The van der Waals surface area contributed by atoms with Gasteiger partial charge in [0.05, 0.1) is 10.6 Å². The summed E-state index contributed by atoms with van der Waals surface area (Å²) in [5, 5.41) is 22.6. The number of amides is 4. The highest BCUT2D eigenvalue weighted by Gasteiger charge is 2.37. The van der Waals surface area contributed by atoms with Crippen LogP contribution in [0, 0.1) is 24.0 Å². The zero-order valence-corrected chi connectivity index (χ0v) is 14.9. The van der Waals surface area contributed by atoms with Crippen molar-refractivity contribution in [2.75, 3.05) is 4.90 Å². The topological polar surface area (TPSA) is 130 Å². The maximum atomic E-state index is 12.8. The average Bonchev–Trinajstić information content (AvgIpc) is 2.62. The zero-order valence-electron chi connectivity index (χ0n) is 14.9. The summed E-state index contributed by atoms with van der Waals surface area (Å²) in [5.41, 5.74) is 1.34. The summed E-state index contributed by atoms with van der Waals surface area (Å²) < 4.78 is 0. The molecule has 28 heavy (non-hydrogen) atoms. The number of carbonyl (C=O) groups excluding carboxylic acids is 3. The van der Waals surface area contributed by atoms with E-state index in [2.05, 4.69) is 5.32 Å². The number of aromatic hydroxyl groups is 1. The Morgan fingerprint density at radius 3 is 2.43 bits per heavy atom. The van der Waals surface area contributed by atoms with E-state index in [1.807, 2.05) is 13.8 Å². The molecule has 3 rings (SSSR count). The van der Waals surface area contributed by atoms with Crippen molar-refractivity contribution in [3.8, 4) is 5.75 Å². The van der Waals surface area contributed by atoms with Gasteiger partial charge in [0.2, 0.25) is 0 Å². The zero-order chi connectivity index (χ0) is 20.6. The van der Waals surface area contributed by atoms with Crippen molar-refractivity contribution >= 4 is 35.3 Å². The van der Waals surface area contributed by atoms with Crippen LogP contribution in [-0.4, -0.2) is 27.9 Å². The van der Waals surface area contributed by atoms with Gasteiger partial charge in [-0.1, -0.05) is 12.1 Å². The van der Waals surface area contributed by atoms with Crippen LogP contribution in [0.3, 0.4) is 0 Å². The van der Waals surface area contributed by atoms with Crippen molar-refractivity contribution < 1.29 is 24.4 Å². The summed E-state index contributed by atoms with van der Waals surface area (Å²) in [7, 11) is 0. The molecule has 2 aromatic carbocycles. The number of phenolic OH excluding ortho intramolecular Hbond substituents is 1. The van der Waals surface area contributed by atoms with Crippen LogP contribution in [0.1, 0.15) is 16.7 Å². The fourth-order valence-corrected chi connectivity index (χ4v) is 2.70. The van der Waals surface area contributed by atoms with Gasteiger partial charge < -0.3 is 5.11 Å². The van der Waals surface area contributed by atoms with E-state index >= 15 is 0 Å². The van der Waals surface area contributed by atoms with Gasteiger partial charge in [0.25, 0.3) is 11.8 Å². The molecule has 9 heteroatoms. The highest BCUT2D eigenvalue weighted by Crippen LogP contribution is 2.28. The molecule has 0 spiro atoms. The molecule has 1 saturated heterocycles. The molecular weight excluding hydrogens is 366 g/mol. The van der Waals surface area contributed by atoms with E-state index in [9.17, 15) is 29.6 Å². The third kappa shape index (κ3) is 3.32. The molecule has 0 bridgehead atoms. The third-order valence-corrected chi connectivity index (χ3v) is 4.36. The maximum Gasteiger partial charge on any atom is 0.335 e. The van der Waals surface area contributed by atoms with Gasteiger partial charge in [-0.25, -0.2) is 9.69 Å². The average molecular weight is 381 g/mol. The summed E-state index contributed by atoms with van der Waals surface area (Å²) in [4.78, 5) is 48.2. The van der Waals surface area contributed by atoms with Gasteiger partial charge in [0.15, 0.2) is 5.75 Å². The van der Waals surface area contributed by atoms with Crippen LogP contribution >= 0.6 is 0 Å². The number of hydrogen-bond donors (Lipinski definition) is 2. The van der Waals surface area contributed by atoms with E-state index in [-0.39, 0.29) is 11.1 Å². The highest BCUT2D eigenvalue weighted by molar-refractivity contribution is 6.39. The van der Waals surface area contributed by atoms with Crippen LogP contribution < -0.4 is 10.2 Å². The third-order valence-electron chi connectivity index (χ3n) is 4.36. The highest BCUT2D eigenvalue weighted by atomic mass is 16.6. The van der Waals surface area contributed by atoms with Crippen LogP contribution in [0.5, 0.6) is 5.75 Å². The Labute approximate surface area is 159 Å². The molecule has 2 N–H and O–H groups in total. The molecule has 142 valence electrons. The lowest BCUT2D eigenvalue weighted by Crippen LogP contribution is -2.54. The molecule has 1 heterocycles. The van der Waals surface area contributed by atoms with Gasteiger partial charge in [0, 0.05) is 6.07 Å². The number of carbonyl (C=O) groups is 3. The first kappa shape index (κ1) is 18.8.